The summed E-state index contributed by atoms with van der Waals surface area (Å²) in [5, 5.41) is 3.24. The van der Waals surface area contributed by atoms with Gasteiger partial charge >= 0.3 is 0 Å². The van der Waals surface area contributed by atoms with Gasteiger partial charge in [0.25, 0.3) is 0 Å². The van der Waals surface area contributed by atoms with Crippen LogP contribution in [0.1, 0.15) is 11.4 Å². The molecule has 0 saturated heterocycles. The highest BCUT2D eigenvalue weighted by Crippen LogP contribution is 2.14. The molecule has 0 aliphatic carbocycles. The Bertz CT molecular complexity index is 479. The van der Waals surface area contributed by atoms with Crippen molar-refractivity contribution in [2.24, 2.45) is 5.73 Å². The minimum Gasteiger partial charge on any atom is -0.340 e. The van der Waals surface area contributed by atoms with Gasteiger partial charge in [-0.3, -0.25) is 0 Å². The molecule has 1 aromatic heterocycles. The van der Waals surface area contributed by atoms with E-state index in [4.69, 9.17) is 5.73 Å². The van der Waals surface area contributed by atoms with E-state index < -0.39 is 0 Å². The molecule has 4 nitrogen and oxygen atoms in total. The molecule has 2 rings (SSSR count). The third-order valence-electron chi connectivity index (χ3n) is 2.40. The lowest BCUT2D eigenvalue weighted by atomic mass is 10.2. The Balaban J connectivity index is 2.12. The Hall–Kier alpha value is -1.94. The van der Waals surface area contributed by atoms with E-state index in [0.29, 0.717) is 13.0 Å². The Morgan fingerprint density at radius 3 is 2.65 bits per heavy atom. The number of nitrogens with zero attached hydrogens (tertiary/aromatic N) is 2. The number of rotatable bonds is 4. The third-order valence-corrected chi connectivity index (χ3v) is 2.40. The fraction of sp³-hybridized carbons (Fsp3) is 0.231. The Morgan fingerprint density at radius 2 is 1.94 bits per heavy atom. The van der Waals surface area contributed by atoms with Crippen LogP contribution in [0.2, 0.25) is 0 Å². The molecule has 0 aliphatic heterocycles. The first kappa shape index (κ1) is 11.5. The quantitative estimate of drug-likeness (QED) is 0.840. The lowest BCUT2D eigenvalue weighted by Gasteiger charge is -2.06. The summed E-state index contributed by atoms with van der Waals surface area (Å²) < 4.78 is 0. The number of aromatic nitrogens is 2. The topological polar surface area (TPSA) is 63.8 Å². The van der Waals surface area contributed by atoms with Gasteiger partial charge in [-0.2, -0.15) is 0 Å². The zero-order valence-corrected chi connectivity index (χ0v) is 9.85. The van der Waals surface area contributed by atoms with Gasteiger partial charge < -0.3 is 11.1 Å². The van der Waals surface area contributed by atoms with Crippen molar-refractivity contribution in [3.05, 3.63) is 47.9 Å². The largest absolute Gasteiger partial charge is 0.340 e. The summed E-state index contributed by atoms with van der Waals surface area (Å²) in [7, 11) is 0. The van der Waals surface area contributed by atoms with Crippen LogP contribution in [-0.4, -0.2) is 16.5 Å². The zero-order valence-electron chi connectivity index (χ0n) is 9.85. The summed E-state index contributed by atoms with van der Waals surface area (Å²) in [5.41, 5.74) is 7.74. The van der Waals surface area contributed by atoms with Crippen LogP contribution in [0.15, 0.2) is 36.5 Å². The van der Waals surface area contributed by atoms with Crippen LogP contribution >= 0.6 is 0 Å². The number of hydrogen-bond acceptors (Lipinski definition) is 4. The molecule has 0 fully saturated rings. The normalized spacial score (nSPS) is 10.2. The molecule has 0 radical (unpaired) electrons. The zero-order chi connectivity index (χ0) is 12.1. The summed E-state index contributed by atoms with van der Waals surface area (Å²) in [4.78, 5) is 8.53. The van der Waals surface area contributed by atoms with Crippen LogP contribution in [-0.2, 0) is 6.42 Å². The van der Waals surface area contributed by atoms with Gasteiger partial charge in [0.15, 0.2) is 0 Å². The first-order valence-electron chi connectivity index (χ1n) is 5.63. The highest BCUT2D eigenvalue weighted by atomic mass is 15.0. The van der Waals surface area contributed by atoms with Crippen molar-refractivity contribution in [3.63, 3.8) is 0 Å². The molecule has 3 N–H and O–H groups in total. The first-order valence-corrected chi connectivity index (χ1v) is 5.63. The number of nitrogens with two attached hydrogens (primary N) is 1. The van der Waals surface area contributed by atoms with Gasteiger partial charge in [-0.25, -0.2) is 9.97 Å². The van der Waals surface area contributed by atoms with Crippen LogP contribution in [0, 0.1) is 6.92 Å². The van der Waals surface area contributed by atoms with E-state index in [1.807, 2.05) is 18.2 Å². The number of anilines is 2. The van der Waals surface area contributed by atoms with Crippen LogP contribution in [0.3, 0.4) is 0 Å². The van der Waals surface area contributed by atoms with E-state index in [1.54, 1.807) is 6.20 Å². The average molecular weight is 228 g/mol. The summed E-state index contributed by atoms with van der Waals surface area (Å²) in [6, 6.07) is 10.0. The van der Waals surface area contributed by atoms with Gasteiger partial charge in [0.05, 0.1) is 0 Å². The van der Waals surface area contributed by atoms with Crippen LogP contribution in [0.4, 0.5) is 11.5 Å². The second kappa shape index (κ2) is 5.41. The molecule has 4 heteroatoms. The smallest absolute Gasteiger partial charge is 0.134 e. The van der Waals surface area contributed by atoms with Crippen molar-refractivity contribution in [2.75, 3.05) is 11.9 Å². The maximum Gasteiger partial charge on any atom is 0.134 e. The van der Waals surface area contributed by atoms with Gasteiger partial charge in [0, 0.05) is 18.3 Å². The molecule has 0 amide bonds. The van der Waals surface area contributed by atoms with Crippen molar-refractivity contribution < 1.29 is 0 Å². The van der Waals surface area contributed by atoms with Gasteiger partial charge in [0.2, 0.25) is 0 Å². The van der Waals surface area contributed by atoms with Gasteiger partial charge in [0.1, 0.15) is 11.6 Å². The highest BCUT2D eigenvalue weighted by molar-refractivity contribution is 5.55. The highest BCUT2D eigenvalue weighted by Gasteiger charge is 1.99. The summed E-state index contributed by atoms with van der Waals surface area (Å²) in [5.74, 6) is 1.57. The van der Waals surface area contributed by atoms with Crippen LogP contribution < -0.4 is 11.1 Å². The fourth-order valence-electron chi connectivity index (χ4n) is 1.50. The SMILES string of the molecule is Cc1ccc(Nc2ccnc(CCN)n2)cc1. The van der Waals surface area contributed by atoms with E-state index in [1.165, 1.54) is 5.56 Å². The number of hydrogen-bond donors (Lipinski definition) is 2. The third kappa shape index (κ3) is 3.26. The predicted molar refractivity (Wildman–Crippen MR) is 69.3 cm³/mol. The molecule has 0 aliphatic rings. The predicted octanol–water partition coefficient (Wildman–Crippen LogP) is 2.03. The van der Waals surface area contributed by atoms with Crippen molar-refractivity contribution in [1.82, 2.24) is 9.97 Å². The molecule has 0 bridgehead atoms. The standard InChI is InChI=1S/C13H16N4/c1-10-2-4-11(5-3-10)16-13-7-9-15-12(17-13)6-8-14/h2-5,7,9H,6,8,14H2,1H3,(H,15,16,17). The summed E-state index contributed by atoms with van der Waals surface area (Å²) in [6.07, 6.45) is 2.44. The second-order valence-corrected chi connectivity index (χ2v) is 3.89. The number of benzene rings is 1. The van der Waals surface area contributed by atoms with Crippen molar-refractivity contribution in [3.8, 4) is 0 Å². The van der Waals surface area contributed by atoms with Crippen molar-refractivity contribution in [2.45, 2.75) is 13.3 Å². The minimum absolute atomic E-state index is 0.563. The maximum absolute atomic E-state index is 5.48. The van der Waals surface area contributed by atoms with Gasteiger partial charge in [-0.1, -0.05) is 17.7 Å². The van der Waals surface area contributed by atoms with E-state index in [-0.39, 0.29) is 0 Å². The fourth-order valence-corrected chi connectivity index (χ4v) is 1.50. The molecule has 0 atom stereocenters. The Morgan fingerprint density at radius 1 is 1.18 bits per heavy atom. The van der Waals surface area contributed by atoms with Gasteiger partial charge in [-0.05, 0) is 31.7 Å². The molecule has 0 saturated carbocycles. The Labute approximate surface area is 101 Å². The van der Waals surface area contributed by atoms with E-state index in [2.05, 4.69) is 34.3 Å². The molecule has 0 unspecified atom stereocenters. The monoisotopic (exact) mass is 228 g/mol. The van der Waals surface area contributed by atoms with E-state index in [9.17, 15) is 0 Å². The minimum atomic E-state index is 0.563. The maximum atomic E-state index is 5.48. The first-order chi connectivity index (χ1) is 8.28. The lowest BCUT2D eigenvalue weighted by molar-refractivity contribution is 0.870. The summed E-state index contributed by atoms with van der Waals surface area (Å²) in [6.45, 7) is 2.63. The van der Waals surface area contributed by atoms with E-state index >= 15 is 0 Å². The summed E-state index contributed by atoms with van der Waals surface area (Å²) >= 11 is 0. The average Bonchev–Trinajstić information content (AvgIpc) is 2.33. The number of nitrogens with one attached hydrogen (secondary N) is 1. The molecule has 1 aromatic carbocycles. The molecule has 2 aromatic rings. The lowest BCUT2D eigenvalue weighted by Crippen LogP contribution is -2.07. The van der Waals surface area contributed by atoms with Crippen molar-refractivity contribution >= 4 is 11.5 Å². The van der Waals surface area contributed by atoms with Gasteiger partial charge in [-0.15, -0.1) is 0 Å². The van der Waals surface area contributed by atoms with Crippen molar-refractivity contribution in [1.29, 1.82) is 0 Å². The molecule has 88 valence electrons. The second-order valence-electron chi connectivity index (χ2n) is 3.89. The van der Waals surface area contributed by atoms with E-state index in [0.717, 1.165) is 17.3 Å². The Kier molecular flexibility index (Phi) is 3.67. The molecular formula is C13H16N4. The van der Waals surface area contributed by atoms with Crippen LogP contribution in [0.25, 0.3) is 0 Å². The molecule has 0 spiro atoms. The molecule has 17 heavy (non-hydrogen) atoms. The van der Waals surface area contributed by atoms with Crippen LogP contribution in [0.5, 0.6) is 0 Å². The molecular weight excluding hydrogens is 212 g/mol. The number of aryl methyl sites for hydroxylation is 1. The molecule has 1 heterocycles.